The van der Waals surface area contributed by atoms with Crippen molar-refractivity contribution in [2.45, 2.75) is 76.7 Å². The van der Waals surface area contributed by atoms with E-state index in [0.29, 0.717) is 22.2 Å². The maximum Gasteiger partial charge on any atom is 0.253 e. The summed E-state index contributed by atoms with van der Waals surface area (Å²) in [4.78, 5) is 28.6. The molecule has 3 N–H and O–H groups in total. The average molecular weight is 534 g/mol. The quantitative estimate of drug-likeness (QED) is 0.450. The lowest BCUT2D eigenvalue weighted by Gasteiger charge is -2.46. The topological polar surface area (TPSA) is 75.4 Å². The summed E-state index contributed by atoms with van der Waals surface area (Å²) < 4.78 is 0. The summed E-state index contributed by atoms with van der Waals surface area (Å²) >= 11 is 6.25. The number of nitrogen functional groups attached to an aromatic ring is 1. The second-order valence-corrected chi connectivity index (χ2v) is 13.1. The van der Waals surface area contributed by atoms with Crippen molar-refractivity contribution in [1.82, 2.24) is 10.2 Å². The van der Waals surface area contributed by atoms with Crippen molar-refractivity contribution in [3.8, 4) is 0 Å². The Morgan fingerprint density at radius 2 is 1.79 bits per heavy atom. The van der Waals surface area contributed by atoms with Gasteiger partial charge in [0, 0.05) is 41.3 Å². The molecule has 2 unspecified atom stereocenters. The first-order valence-electron chi connectivity index (χ1n) is 14.5. The molecule has 2 aromatic carbocycles. The van der Waals surface area contributed by atoms with Gasteiger partial charge in [0.1, 0.15) is 0 Å². The molecule has 2 aliphatic heterocycles. The molecule has 2 amide bonds. The van der Waals surface area contributed by atoms with Gasteiger partial charge in [0.2, 0.25) is 5.91 Å². The lowest BCUT2D eigenvalue weighted by atomic mass is 9.55. The van der Waals surface area contributed by atoms with Crippen LogP contribution >= 0.6 is 11.6 Å². The summed E-state index contributed by atoms with van der Waals surface area (Å²) in [5.74, 6) is 2.13. The van der Waals surface area contributed by atoms with E-state index in [-0.39, 0.29) is 35.6 Å². The van der Waals surface area contributed by atoms with Crippen molar-refractivity contribution in [3.63, 3.8) is 0 Å². The summed E-state index contributed by atoms with van der Waals surface area (Å²) in [5, 5.41) is 3.94. The van der Waals surface area contributed by atoms with E-state index in [1.165, 1.54) is 31.2 Å². The number of nitrogens with zero attached hydrogens (tertiary/aromatic N) is 1. The minimum absolute atomic E-state index is 0.0702. The van der Waals surface area contributed by atoms with Crippen LogP contribution < -0.4 is 11.1 Å². The maximum atomic E-state index is 13.5. The molecule has 38 heavy (non-hydrogen) atoms. The van der Waals surface area contributed by atoms with Crippen LogP contribution in [0, 0.1) is 23.2 Å². The number of carbonyl (C=O) groups excluding carboxylic acids is 2. The van der Waals surface area contributed by atoms with E-state index in [1.807, 2.05) is 24.3 Å². The Hall–Kier alpha value is -2.53. The van der Waals surface area contributed by atoms with Crippen LogP contribution in [0.4, 0.5) is 5.69 Å². The molecule has 6 rings (SSSR count). The van der Waals surface area contributed by atoms with Crippen LogP contribution in [0.25, 0.3) is 0 Å². The largest absolute Gasteiger partial charge is 0.398 e. The van der Waals surface area contributed by atoms with Gasteiger partial charge in [-0.25, -0.2) is 0 Å². The summed E-state index contributed by atoms with van der Waals surface area (Å²) in [6, 6.07) is 14.1. The Kier molecular flexibility index (Phi) is 6.70. The number of nitrogens with two attached hydrogens (primary N) is 1. The summed E-state index contributed by atoms with van der Waals surface area (Å²) in [6.45, 7) is 5.98. The number of nitrogens with one attached hydrogen (secondary N) is 1. The van der Waals surface area contributed by atoms with Crippen LogP contribution in [-0.4, -0.2) is 35.8 Å². The molecule has 2 saturated heterocycles. The fourth-order valence-corrected chi connectivity index (χ4v) is 8.65. The lowest BCUT2D eigenvalue weighted by molar-refractivity contribution is -0.129. The molecule has 0 spiro atoms. The second kappa shape index (κ2) is 9.89. The molecule has 202 valence electrons. The van der Waals surface area contributed by atoms with Gasteiger partial charge in [0.25, 0.3) is 5.91 Å². The van der Waals surface area contributed by atoms with Crippen LogP contribution in [0.1, 0.15) is 92.1 Å². The molecular weight excluding hydrogens is 494 g/mol. The highest BCUT2D eigenvalue weighted by Gasteiger charge is 2.57. The van der Waals surface area contributed by atoms with Crippen LogP contribution in [0.15, 0.2) is 42.5 Å². The number of benzene rings is 2. The minimum Gasteiger partial charge on any atom is -0.398 e. The predicted octanol–water partition coefficient (Wildman–Crippen LogP) is 6.38. The van der Waals surface area contributed by atoms with Gasteiger partial charge in [-0.05, 0) is 91.7 Å². The Morgan fingerprint density at radius 3 is 2.53 bits per heavy atom. The number of carbonyl (C=O) groups is 2. The minimum atomic E-state index is -0.407. The molecular formula is C32H40ClN3O2. The maximum absolute atomic E-state index is 13.5. The SMILES string of the molecule is C[C@H]1NC(=O)[C@]2(C)CC[C@@H](c3ccc(C(=O)N4CCC5CCCCC5C4)cc3N)[C@H](c3ccc(Cl)cc3)[C@H]12. The highest BCUT2D eigenvalue weighted by atomic mass is 35.5. The molecule has 2 saturated carbocycles. The number of rotatable bonds is 3. The molecule has 4 aliphatic rings. The van der Waals surface area contributed by atoms with E-state index in [4.69, 9.17) is 17.3 Å². The standard InChI is InChI=1S/C32H40ClN3O2/c1-19-29-28(21-7-10-24(33)11-8-21)26(13-15-32(29,2)31(38)35-19)25-12-9-22(17-27(25)34)30(37)36-16-14-20-5-3-4-6-23(20)18-36/h7-12,17,19-20,23,26,28-29H,3-6,13-16,18,34H2,1-2H3,(H,35,38)/t19-,20?,23?,26+,28+,29+,32-/m1/s1. The van der Waals surface area contributed by atoms with Gasteiger partial charge >= 0.3 is 0 Å². The van der Waals surface area contributed by atoms with Gasteiger partial charge in [0.05, 0.1) is 5.41 Å². The number of anilines is 1. The molecule has 2 aromatic rings. The highest BCUT2D eigenvalue weighted by Crippen LogP contribution is 2.59. The van der Waals surface area contributed by atoms with Crippen molar-refractivity contribution in [2.75, 3.05) is 18.8 Å². The third-order valence-corrected chi connectivity index (χ3v) is 10.8. The van der Waals surface area contributed by atoms with Crippen LogP contribution in [0.5, 0.6) is 0 Å². The third kappa shape index (κ3) is 4.31. The number of likely N-dealkylation sites (tertiary alicyclic amines) is 1. The van der Waals surface area contributed by atoms with Gasteiger partial charge in [-0.1, -0.05) is 56.0 Å². The predicted molar refractivity (Wildman–Crippen MR) is 152 cm³/mol. The fraction of sp³-hybridized carbons (Fsp3) is 0.562. The molecule has 7 atom stereocenters. The zero-order valence-electron chi connectivity index (χ0n) is 22.6. The summed E-state index contributed by atoms with van der Waals surface area (Å²) in [5.41, 5.74) is 9.99. The Labute approximate surface area is 231 Å². The monoisotopic (exact) mass is 533 g/mol. The lowest BCUT2D eigenvalue weighted by Crippen LogP contribution is -2.44. The van der Waals surface area contributed by atoms with E-state index < -0.39 is 5.41 Å². The van der Waals surface area contributed by atoms with Gasteiger partial charge in [0.15, 0.2) is 0 Å². The van der Waals surface area contributed by atoms with Gasteiger partial charge in [-0.15, -0.1) is 0 Å². The van der Waals surface area contributed by atoms with E-state index in [9.17, 15) is 9.59 Å². The first kappa shape index (κ1) is 25.7. The van der Waals surface area contributed by atoms with Crippen molar-refractivity contribution < 1.29 is 9.59 Å². The van der Waals surface area contributed by atoms with Crippen molar-refractivity contribution in [3.05, 3.63) is 64.2 Å². The summed E-state index contributed by atoms with van der Waals surface area (Å²) in [6.07, 6.45) is 8.02. The Bertz CT molecular complexity index is 1230. The molecule has 2 heterocycles. The number of hydrogen-bond donors (Lipinski definition) is 2. The first-order valence-corrected chi connectivity index (χ1v) is 14.9. The van der Waals surface area contributed by atoms with E-state index >= 15 is 0 Å². The fourth-order valence-electron chi connectivity index (χ4n) is 8.52. The zero-order valence-corrected chi connectivity index (χ0v) is 23.3. The van der Waals surface area contributed by atoms with Gasteiger partial charge in [-0.2, -0.15) is 0 Å². The Balaban J connectivity index is 1.30. The molecule has 2 aliphatic carbocycles. The Morgan fingerprint density at radius 1 is 1.05 bits per heavy atom. The molecule has 0 radical (unpaired) electrons. The van der Waals surface area contributed by atoms with Crippen molar-refractivity contribution >= 4 is 29.1 Å². The highest BCUT2D eigenvalue weighted by molar-refractivity contribution is 6.30. The average Bonchev–Trinajstić information content (AvgIpc) is 3.15. The normalized spacial score (nSPS) is 34.8. The summed E-state index contributed by atoms with van der Waals surface area (Å²) in [7, 11) is 0. The van der Waals surface area contributed by atoms with Crippen molar-refractivity contribution in [1.29, 1.82) is 0 Å². The molecule has 5 nitrogen and oxygen atoms in total. The van der Waals surface area contributed by atoms with E-state index in [0.717, 1.165) is 43.8 Å². The van der Waals surface area contributed by atoms with Crippen LogP contribution in [0.3, 0.4) is 0 Å². The number of fused-ring (bicyclic) bond motifs is 2. The van der Waals surface area contributed by atoms with E-state index in [2.05, 4.69) is 42.3 Å². The first-order chi connectivity index (χ1) is 18.3. The van der Waals surface area contributed by atoms with Crippen molar-refractivity contribution in [2.24, 2.45) is 23.2 Å². The number of hydrogen-bond acceptors (Lipinski definition) is 3. The van der Waals surface area contributed by atoms with E-state index in [1.54, 1.807) is 0 Å². The molecule has 0 aromatic heterocycles. The number of amides is 2. The molecule has 0 bridgehead atoms. The second-order valence-electron chi connectivity index (χ2n) is 12.6. The number of halogens is 1. The molecule has 6 heteroatoms. The molecule has 4 fully saturated rings. The van der Waals surface area contributed by atoms with Crippen LogP contribution in [-0.2, 0) is 4.79 Å². The third-order valence-electron chi connectivity index (χ3n) is 10.5. The smallest absolute Gasteiger partial charge is 0.253 e. The van der Waals surface area contributed by atoms with Crippen LogP contribution in [0.2, 0.25) is 5.02 Å². The van der Waals surface area contributed by atoms with Gasteiger partial charge in [-0.3, -0.25) is 9.59 Å². The number of piperidine rings is 1. The zero-order chi connectivity index (χ0) is 26.6. The van der Waals surface area contributed by atoms with Gasteiger partial charge < -0.3 is 16.0 Å².